The van der Waals surface area contributed by atoms with Gasteiger partial charge >= 0.3 is 5.97 Å². The molecule has 3 N–H and O–H groups in total. The number of hydrogen-bond donors (Lipinski definition) is 3. The van der Waals surface area contributed by atoms with E-state index in [1.165, 1.54) is 0 Å². The number of carbonyl (C=O) groups excluding carboxylic acids is 1. The van der Waals surface area contributed by atoms with Crippen LogP contribution in [0.2, 0.25) is 0 Å². The number of halogens is 3. The fraction of sp³-hybridized carbons (Fsp3) is 0.273. The molecule has 0 heterocycles. The number of aliphatic carboxylic acids is 1. The summed E-state index contributed by atoms with van der Waals surface area (Å²) in [5, 5.41) is 19.5. The number of amides is 1. The van der Waals surface area contributed by atoms with Crippen molar-refractivity contribution in [2.24, 2.45) is 0 Å². The van der Waals surface area contributed by atoms with Crippen LogP contribution in [-0.4, -0.2) is 41.8 Å². The second-order valence-corrected chi connectivity index (χ2v) is 3.66. The lowest BCUT2D eigenvalue weighted by atomic mass is 10.1. The highest BCUT2D eigenvalue weighted by Gasteiger charge is 2.24. The zero-order valence-electron chi connectivity index (χ0n) is 10.1. The number of aromatic hydroxyl groups is 1. The molecular formula is C11H10F3NO5. The molecule has 0 saturated carbocycles. The van der Waals surface area contributed by atoms with Gasteiger partial charge in [0.1, 0.15) is 0 Å². The molecule has 0 aliphatic carbocycles. The first-order chi connectivity index (χ1) is 9.29. The normalized spacial score (nSPS) is 12.0. The molecule has 0 radical (unpaired) electrons. The summed E-state index contributed by atoms with van der Waals surface area (Å²) in [4.78, 5) is 22.1. The first-order valence-corrected chi connectivity index (χ1v) is 5.19. The van der Waals surface area contributed by atoms with E-state index in [2.05, 4.69) is 4.74 Å². The van der Waals surface area contributed by atoms with Gasteiger partial charge in [0.05, 0.1) is 12.1 Å². The molecule has 0 saturated heterocycles. The van der Waals surface area contributed by atoms with Gasteiger partial charge in [0, 0.05) is 7.11 Å². The second kappa shape index (κ2) is 6.24. The van der Waals surface area contributed by atoms with Crippen molar-refractivity contribution in [1.29, 1.82) is 0 Å². The van der Waals surface area contributed by atoms with Crippen molar-refractivity contribution < 1.29 is 37.7 Å². The van der Waals surface area contributed by atoms with Crippen LogP contribution in [0.15, 0.2) is 6.07 Å². The SMILES string of the molecule is COC(CNC(=O)c1cc(F)c(F)c(O)c1F)C(=O)O. The standard InChI is InChI=1S/C11H10F3NO5/c1-20-6(11(18)19)3-15-10(17)4-2-5(12)8(14)9(16)7(4)13/h2,6,16H,3H2,1H3,(H,15,17)(H,18,19). The number of ether oxygens (including phenoxy) is 1. The molecule has 0 spiro atoms. The zero-order valence-corrected chi connectivity index (χ0v) is 10.1. The Morgan fingerprint density at radius 2 is 1.95 bits per heavy atom. The molecule has 9 heteroatoms. The van der Waals surface area contributed by atoms with Crippen LogP contribution in [0, 0.1) is 17.5 Å². The first-order valence-electron chi connectivity index (χ1n) is 5.19. The molecule has 1 atom stereocenters. The largest absolute Gasteiger partial charge is 0.503 e. The molecule has 110 valence electrons. The van der Waals surface area contributed by atoms with Crippen LogP contribution in [0.5, 0.6) is 5.75 Å². The molecule has 1 aromatic rings. The summed E-state index contributed by atoms with van der Waals surface area (Å²) in [6, 6.07) is 0.252. The van der Waals surface area contributed by atoms with Gasteiger partial charge in [-0.1, -0.05) is 0 Å². The predicted octanol–water partition coefficient (Wildman–Crippen LogP) is 0.639. The number of carbonyl (C=O) groups is 2. The smallest absolute Gasteiger partial charge is 0.334 e. The highest BCUT2D eigenvalue weighted by molar-refractivity contribution is 5.95. The summed E-state index contributed by atoms with van der Waals surface area (Å²) < 4.78 is 43.7. The van der Waals surface area contributed by atoms with E-state index >= 15 is 0 Å². The number of nitrogens with one attached hydrogen (secondary N) is 1. The van der Waals surface area contributed by atoms with Crippen LogP contribution in [-0.2, 0) is 9.53 Å². The molecule has 0 aromatic heterocycles. The molecular weight excluding hydrogens is 283 g/mol. The molecule has 1 amide bonds. The average molecular weight is 293 g/mol. The third-order valence-electron chi connectivity index (χ3n) is 2.39. The number of carboxylic acid groups (broad SMARTS) is 1. The topological polar surface area (TPSA) is 95.9 Å². The number of carboxylic acids is 1. The number of methoxy groups -OCH3 is 1. The van der Waals surface area contributed by atoms with Gasteiger partial charge in [0.25, 0.3) is 5.91 Å². The van der Waals surface area contributed by atoms with Crippen LogP contribution in [0.3, 0.4) is 0 Å². The van der Waals surface area contributed by atoms with E-state index in [1.54, 1.807) is 0 Å². The van der Waals surface area contributed by atoms with Crippen LogP contribution >= 0.6 is 0 Å². The molecule has 0 bridgehead atoms. The highest BCUT2D eigenvalue weighted by Crippen LogP contribution is 2.25. The van der Waals surface area contributed by atoms with Gasteiger partial charge in [-0.15, -0.1) is 0 Å². The summed E-state index contributed by atoms with van der Waals surface area (Å²) >= 11 is 0. The summed E-state index contributed by atoms with van der Waals surface area (Å²) in [7, 11) is 1.08. The minimum atomic E-state index is -1.82. The van der Waals surface area contributed by atoms with E-state index in [1.807, 2.05) is 5.32 Å². The highest BCUT2D eigenvalue weighted by atomic mass is 19.2. The summed E-state index contributed by atoms with van der Waals surface area (Å²) in [5.74, 6) is -9.31. The van der Waals surface area contributed by atoms with Gasteiger partial charge in [-0.3, -0.25) is 4.79 Å². The van der Waals surface area contributed by atoms with Gasteiger partial charge in [-0.05, 0) is 6.07 Å². The Morgan fingerprint density at radius 1 is 1.35 bits per heavy atom. The van der Waals surface area contributed by atoms with E-state index in [-0.39, 0.29) is 6.07 Å². The lowest BCUT2D eigenvalue weighted by molar-refractivity contribution is -0.148. The minimum absolute atomic E-state index is 0.252. The Bertz CT molecular complexity index is 549. The van der Waals surface area contributed by atoms with Gasteiger partial charge in [0.15, 0.2) is 23.5 Å². The van der Waals surface area contributed by atoms with Gasteiger partial charge in [-0.2, -0.15) is 4.39 Å². The third kappa shape index (κ3) is 3.18. The molecule has 0 aliphatic rings. The van der Waals surface area contributed by atoms with Gasteiger partial charge < -0.3 is 20.3 Å². The molecule has 0 aliphatic heterocycles. The summed E-state index contributed by atoms with van der Waals surface area (Å²) in [6.07, 6.45) is -1.39. The number of benzene rings is 1. The Hall–Kier alpha value is -2.29. The van der Waals surface area contributed by atoms with Crippen molar-refractivity contribution in [3.8, 4) is 5.75 Å². The second-order valence-electron chi connectivity index (χ2n) is 3.66. The lowest BCUT2D eigenvalue weighted by Gasteiger charge is -2.12. The van der Waals surface area contributed by atoms with Crippen LogP contribution < -0.4 is 5.32 Å². The van der Waals surface area contributed by atoms with Crippen molar-refractivity contribution in [3.05, 3.63) is 29.1 Å². The zero-order chi connectivity index (χ0) is 15.4. The van der Waals surface area contributed by atoms with E-state index in [9.17, 15) is 22.8 Å². The van der Waals surface area contributed by atoms with E-state index in [4.69, 9.17) is 10.2 Å². The number of hydrogen-bond acceptors (Lipinski definition) is 4. The summed E-state index contributed by atoms with van der Waals surface area (Å²) in [6.45, 7) is -0.524. The van der Waals surface area contributed by atoms with Crippen molar-refractivity contribution >= 4 is 11.9 Å². The maximum absolute atomic E-state index is 13.4. The number of phenolic OH excluding ortho intramolecular Hbond substituents is 1. The lowest BCUT2D eigenvalue weighted by Crippen LogP contribution is -2.38. The fourth-order valence-electron chi connectivity index (χ4n) is 1.31. The minimum Gasteiger partial charge on any atom is -0.503 e. The summed E-state index contributed by atoms with van der Waals surface area (Å²) in [5.41, 5.74) is -0.957. The van der Waals surface area contributed by atoms with E-state index < -0.39 is 53.3 Å². The maximum atomic E-state index is 13.4. The fourth-order valence-corrected chi connectivity index (χ4v) is 1.31. The maximum Gasteiger partial charge on any atom is 0.334 e. The number of phenols is 1. The molecule has 1 unspecified atom stereocenters. The molecule has 20 heavy (non-hydrogen) atoms. The first kappa shape index (κ1) is 15.8. The molecule has 1 aromatic carbocycles. The predicted molar refractivity (Wildman–Crippen MR) is 58.7 cm³/mol. The molecule has 1 rings (SSSR count). The average Bonchev–Trinajstić information content (AvgIpc) is 2.40. The van der Waals surface area contributed by atoms with Crippen molar-refractivity contribution in [2.75, 3.05) is 13.7 Å². The Balaban J connectivity index is 2.91. The third-order valence-corrected chi connectivity index (χ3v) is 2.39. The Kier molecular flexibility index (Phi) is 4.92. The monoisotopic (exact) mass is 293 g/mol. The van der Waals surface area contributed by atoms with E-state index in [0.29, 0.717) is 0 Å². The quantitative estimate of drug-likeness (QED) is 0.692. The Morgan fingerprint density at radius 3 is 2.45 bits per heavy atom. The van der Waals surface area contributed by atoms with E-state index in [0.717, 1.165) is 7.11 Å². The van der Waals surface area contributed by atoms with Crippen LogP contribution in [0.4, 0.5) is 13.2 Å². The van der Waals surface area contributed by atoms with Gasteiger partial charge in [0.2, 0.25) is 5.82 Å². The molecule has 6 nitrogen and oxygen atoms in total. The van der Waals surface area contributed by atoms with Crippen molar-refractivity contribution in [1.82, 2.24) is 5.32 Å². The van der Waals surface area contributed by atoms with Crippen LogP contribution in [0.1, 0.15) is 10.4 Å². The van der Waals surface area contributed by atoms with Crippen LogP contribution in [0.25, 0.3) is 0 Å². The molecule has 0 fully saturated rings. The number of rotatable bonds is 5. The van der Waals surface area contributed by atoms with Gasteiger partial charge in [-0.25, -0.2) is 13.6 Å². The van der Waals surface area contributed by atoms with Crippen molar-refractivity contribution in [2.45, 2.75) is 6.10 Å². The Labute approximate surface area is 110 Å². The van der Waals surface area contributed by atoms with Crippen molar-refractivity contribution in [3.63, 3.8) is 0 Å².